The summed E-state index contributed by atoms with van der Waals surface area (Å²) in [6.45, 7) is 3.40. The third kappa shape index (κ3) is 3.02. The topological polar surface area (TPSA) is 32.7 Å². The van der Waals surface area contributed by atoms with Gasteiger partial charge in [0, 0.05) is 24.1 Å². The average molecular weight is 326 g/mol. The number of morpholine rings is 1. The summed E-state index contributed by atoms with van der Waals surface area (Å²) in [7, 11) is 0. The largest absolute Gasteiger partial charge is 0.387 e. The number of aliphatic hydroxyl groups excluding tert-OH is 1. The Hall–Kier alpha value is -0.420. The molecule has 104 valence electrons. The lowest BCUT2D eigenvalue weighted by Crippen LogP contribution is -2.56. The van der Waals surface area contributed by atoms with E-state index in [-0.39, 0.29) is 5.60 Å². The Morgan fingerprint density at radius 3 is 2.68 bits per heavy atom. The van der Waals surface area contributed by atoms with Gasteiger partial charge < -0.3 is 9.84 Å². The van der Waals surface area contributed by atoms with Crippen LogP contribution >= 0.6 is 15.9 Å². The summed E-state index contributed by atoms with van der Waals surface area (Å²) in [5, 5.41) is 10.3. The molecule has 1 N–H and O–H groups in total. The van der Waals surface area contributed by atoms with Crippen LogP contribution in [-0.4, -0.2) is 41.8 Å². The molecule has 3 nitrogen and oxygen atoms in total. The third-order valence-electron chi connectivity index (χ3n) is 4.28. The molecular formula is C15H20BrNO2. The maximum Gasteiger partial charge on any atom is 0.0916 e. The molecule has 0 bridgehead atoms. The van der Waals surface area contributed by atoms with Crippen LogP contribution in [-0.2, 0) is 4.74 Å². The van der Waals surface area contributed by atoms with E-state index >= 15 is 0 Å². The van der Waals surface area contributed by atoms with Gasteiger partial charge in [-0.25, -0.2) is 0 Å². The molecular weight excluding hydrogens is 306 g/mol. The van der Waals surface area contributed by atoms with Crippen molar-refractivity contribution in [2.75, 3.05) is 26.2 Å². The second-order valence-corrected chi connectivity index (χ2v) is 6.60. The van der Waals surface area contributed by atoms with Crippen LogP contribution < -0.4 is 0 Å². The van der Waals surface area contributed by atoms with Crippen molar-refractivity contribution < 1.29 is 9.84 Å². The first kappa shape index (κ1) is 13.6. The lowest BCUT2D eigenvalue weighted by molar-refractivity contribution is -0.155. The quantitative estimate of drug-likeness (QED) is 0.927. The molecule has 4 heteroatoms. The van der Waals surface area contributed by atoms with E-state index in [2.05, 4.69) is 20.8 Å². The predicted octanol–water partition coefficient (Wildman–Crippen LogP) is 2.74. The Bertz CT molecular complexity index is 430. The first-order chi connectivity index (χ1) is 9.17. The zero-order valence-corrected chi connectivity index (χ0v) is 12.6. The van der Waals surface area contributed by atoms with E-state index in [0.717, 1.165) is 29.7 Å². The Labute approximate surface area is 122 Å². The van der Waals surface area contributed by atoms with E-state index in [9.17, 15) is 5.11 Å². The number of rotatable bonds is 3. The molecule has 0 aromatic heterocycles. The highest BCUT2D eigenvalue weighted by Gasteiger charge is 2.42. The Balaban J connectivity index is 1.59. The van der Waals surface area contributed by atoms with E-state index in [1.807, 2.05) is 24.3 Å². The molecule has 1 heterocycles. The first-order valence-electron chi connectivity index (χ1n) is 6.97. The Morgan fingerprint density at radius 1 is 1.32 bits per heavy atom. The standard InChI is InChI=1S/C15H20BrNO2/c16-13-4-2-12(3-5-13)14(18)10-17-8-9-19-15(11-17)6-1-7-15/h2-5,14,18H,1,6-11H2. The average Bonchev–Trinajstić information content (AvgIpc) is 2.38. The minimum Gasteiger partial charge on any atom is -0.387 e. The second kappa shape index (κ2) is 5.52. The molecule has 0 radical (unpaired) electrons. The van der Waals surface area contributed by atoms with Crippen molar-refractivity contribution in [1.82, 2.24) is 4.90 Å². The molecule has 19 heavy (non-hydrogen) atoms. The molecule has 0 amide bonds. The van der Waals surface area contributed by atoms with Crippen LogP contribution in [0.15, 0.2) is 28.7 Å². The number of nitrogens with zero attached hydrogens (tertiary/aromatic N) is 1. The van der Waals surface area contributed by atoms with E-state index in [0.29, 0.717) is 6.54 Å². The van der Waals surface area contributed by atoms with E-state index < -0.39 is 6.10 Å². The fourth-order valence-corrected chi connectivity index (χ4v) is 3.25. The van der Waals surface area contributed by atoms with Gasteiger partial charge >= 0.3 is 0 Å². The summed E-state index contributed by atoms with van der Waals surface area (Å²) < 4.78 is 6.95. The molecule has 1 spiro atoms. The number of β-amino-alcohol motifs (C(OH)–C–C–N with tert-alkyl or cyclic N) is 1. The van der Waals surface area contributed by atoms with E-state index in [1.165, 1.54) is 19.3 Å². The number of hydrogen-bond acceptors (Lipinski definition) is 3. The van der Waals surface area contributed by atoms with Gasteiger partial charge in [0.05, 0.1) is 18.3 Å². The zero-order valence-electron chi connectivity index (χ0n) is 11.0. The van der Waals surface area contributed by atoms with Gasteiger partial charge in [0.25, 0.3) is 0 Å². The maximum atomic E-state index is 10.3. The molecule has 2 aliphatic rings. The van der Waals surface area contributed by atoms with Gasteiger partial charge in [0.2, 0.25) is 0 Å². The number of aliphatic hydroxyl groups is 1. The summed E-state index contributed by atoms with van der Waals surface area (Å²) in [5.74, 6) is 0. The molecule has 1 saturated heterocycles. The van der Waals surface area contributed by atoms with Gasteiger partial charge in [0.15, 0.2) is 0 Å². The Kier molecular flexibility index (Phi) is 3.94. The molecule has 1 unspecified atom stereocenters. The highest BCUT2D eigenvalue weighted by molar-refractivity contribution is 9.10. The van der Waals surface area contributed by atoms with E-state index in [4.69, 9.17) is 4.74 Å². The van der Waals surface area contributed by atoms with Gasteiger partial charge in [-0.2, -0.15) is 0 Å². The maximum absolute atomic E-state index is 10.3. The molecule has 3 rings (SSSR count). The van der Waals surface area contributed by atoms with Gasteiger partial charge in [-0.05, 0) is 37.0 Å². The highest BCUT2D eigenvalue weighted by atomic mass is 79.9. The number of benzene rings is 1. The summed E-state index contributed by atoms with van der Waals surface area (Å²) in [4.78, 5) is 2.34. The minimum absolute atomic E-state index is 0.109. The molecule has 1 saturated carbocycles. The van der Waals surface area contributed by atoms with Gasteiger partial charge in [-0.1, -0.05) is 28.1 Å². The molecule has 1 aromatic rings. The summed E-state index contributed by atoms with van der Waals surface area (Å²) in [6.07, 6.45) is 3.22. The van der Waals surface area contributed by atoms with Crippen molar-refractivity contribution in [2.24, 2.45) is 0 Å². The summed E-state index contributed by atoms with van der Waals surface area (Å²) in [5.41, 5.74) is 1.09. The molecule has 1 aliphatic carbocycles. The molecule has 2 fully saturated rings. The van der Waals surface area contributed by atoms with Crippen molar-refractivity contribution in [1.29, 1.82) is 0 Å². The van der Waals surface area contributed by atoms with Crippen molar-refractivity contribution in [3.05, 3.63) is 34.3 Å². The van der Waals surface area contributed by atoms with Gasteiger partial charge in [0.1, 0.15) is 0 Å². The molecule has 1 atom stereocenters. The monoisotopic (exact) mass is 325 g/mol. The predicted molar refractivity (Wildman–Crippen MR) is 78.1 cm³/mol. The van der Waals surface area contributed by atoms with Crippen molar-refractivity contribution in [3.8, 4) is 0 Å². The normalized spacial score (nSPS) is 24.1. The van der Waals surface area contributed by atoms with Gasteiger partial charge in [-0.3, -0.25) is 4.90 Å². The Morgan fingerprint density at radius 2 is 2.05 bits per heavy atom. The van der Waals surface area contributed by atoms with Gasteiger partial charge in [-0.15, -0.1) is 0 Å². The molecule has 1 aromatic carbocycles. The number of ether oxygens (including phenoxy) is 1. The van der Waals surface area contributed by atoms with Crippen LogP contribution in [0.25, 0.3) is 0 Å². The summed E-state index contributed by atoms with van der Waals surface area (Å²) in [6, 6.07) is 7.92. The molecule has 1 aliphatic heterocycles. The van der Waals surface area contributed by atoms with Crippen LogP contribution in [0.3, 0.4) is 0 Å². The van der Waals surface area contributed by atoms with Crippen LogP contribution in [0.1, 0.15) is 30.9 Å². The zero-order chi connectivity index (χ0) is 13.3. The van der Waals surface area contributed by atoms with Crippen LogP contribution in [0.2, 0.25) is 0 Å². The second-order valence-electron chi connectivity index (χ2n) is 5.69. The SMILES string of the molecule is OC(CN1CCOC2(CCC2)C1)c1ccc(Br)cc1. The lowest BCUT2D eigenvalue weighted by Gasteiger charge is -2.48. The highest BCUT2D eigenvalue weighted by Crippen LogP contribution is 2.38. The van der Waals surface area contributed by atoms with E-state index in [1.54, 1.807) is 0 Å². The van der Waals surface area contributed by atoms with Crippen LogP contribution in [0.5, 0.6) is 0 Å². The van der Waals surface area contributed by atoms with Crippen molar-refractivity contribution in [3.63, 3.8) is 0 Å². The smallest absolute Gasteiger partial charge is 0.0916 e. The van der Waals surface area contributed by atoms with Crippen LogP contribution in [0, 0.1) is 0 Å². The minimum atomic E-state index is -0.414. The fourth-order valence-electron chi connectivity index (χ4n) is 2.99. The third-order valence-corrected chi connectivity index (χ3v) is 4.81. The lowest BCUT2D eigenvalue weighted by atomic mass is 9.79. The van der Waals surface area contributed by atoms with Crippen LogP contribution in [0.4, 0.5) is 0 Å². The number of halogens is 1. The number of hydrogen-bond donors (Lipinski definition) is 1. The first-order valence-corrected chi connectivity index (χ1v) is 7.76. The van der Waals surface area contributed by atoms with Crippen molar-refractivity contribution >= 4 is 15.9 Å². The fraction of sp³-hybridized carbons (Fsp3) is 0.600. The summed E-state index contributed by atoms with van der Waals surface area (Å²) >= 11 is 3.42. The van der Waals surface area contributed by atoms with Crippen molar-refractivity contribution in [2.45, 2.75) is 31.0 Å².